The van der Waals surface area contributed by atoms with Gasteiger partial charge in [0, 0.05) is 24.7 Å². The third kappa shape index (κ3) is 5.08. The number of hydrogen-bond acceptors (Lipinski definition) is 2. The molecule has 0 spiro atoms. The Balaban J connectivity index is 2.01. The van der Waals surface area contributed by atoms with Crippen LogP contribution in [0.5, 0.6) is 0 Å². The van der Waals surface area contributed by atoms with Crippen molar-refractivity contribution in [3.63, 3.8) is 0 Å². The summed E-state index contributed by atoms with van der Waals surface area (Å²) in [5.74, 6) is 1.19. The molecule has 3 heteroatoms. The number of rotatable bonds is 9. The highest BCUT2D eigenvalue weighted by atomic mass is 19.1. The molecule has 1 aromatic carbocycles. The number of nitrogens with one attached hydrogen (secondary N) is 1. The minimum absolute atomic E-state index is 0.0906. The van der Waals surface area contributed by atoms with Crippen molar-refractivity contribution in [1.82, 2.24) is 10.2 Å². The molecular formula is C18H29FN2. The fourth-order valence-electron chi connectivity index (χ4n) is 3.06. The van der Waals surface area contributed by atoms with Crippen LogP contribution in [0.15, 0.2) is 24.3 Å². The van der Waals surface area contributed by atoms with E-state index < -0.39 is 0 Å². The molecule has 21 heavy (non-hydrogen) atoms. The average Bonchev–Trinajstić information content (AvgIpc) is 3.24. The summed E-state index contributed by atoms with van der Waals surface area (Å²) < 4.78 is 14.1. The standard InChI is InChI=1S/C18H29FN2/c1-4-11-20-18(16-7-5-6-8-17(16)19)14(2)12-21(3)13-15-9-10-15/h5-8,14-15,18,20H,4,9-13H2,1-3H3. The minimum Gasteiger partial charge on any atom is -0.310 e. The molecular weight excluding hydrogens is 263 g/mol. The van der Waals surface area contributed by atoms with Crippen LogP contribution in [0.1, 0.15) is 44.7 Å². The van der Waals surface area contributed by atoms with Gasteiger partial charge in [0.1, 0.15) is 5.82 Å². The highest BCUT2D eigenvalue weighted by Crippen LogP contribution is 2.30. The lowest BCUT2D eigenvalue weighted by Crippen LogP contribution is -2.35. The van der Waals surface area contributed by atoms with E-state index in [1.807, 2.05) is 12.1 Å². The highest BCUT2D eigenvalue weighted by molar-refractivity contribution is 5.22. The number of halogens is 1. The second-order valence-corrected chi connectivity index (χ2v) is 6.60. The topological polar surface area (TPSA) is 15.3 Å². The first kappa shape index (κ1) is 16.4. The molecule has 0 radical (unpaired) electrons. The van der Waals surface area contributed by atoms with Crippen molar-refractivity contribution >= 4 is 0 Å². The Hall–Kier alpha value is -0.930. The first-order valence-corrected chi connectivity index (χ1v) is 8.28. The number of benzene rings is 1. The molecule has 2 atom stereocenters. The highest BCUT2D eigenvalue weighted by Gasteiger charge is 2.26. The maximum absolute atomic E-state index is 14.1. The third-order valence-electron chi connectivity index (χ3n) is 4.29. The van der Waals surface area contributed by atoms with E-state index in [2.05, 4.69) is 31.1 Å². The molecule has 0 aromatic heterocycles. The third-order valence-corrected chi connectivity index (χ3v) is 4.29. The van der Waals surface area contributed by atoms with Crippen molar-refractivity contribution in [2.45, 2.75) is 39.2 Å². The van der Waals surface area contributed by atoms with Gasteiger partial charge in [-0.3, -0.25) is 0 Å². The van der Waals surface area contributed by atoms with Gasteiger partial charge in [0.15, 0.2) is 0 Å². The minimum atomic E-state index is -0.0946. The van der Waals surface area contributed by atoms with Gasteiger partial charge in [0.2, 0.25) is 0 Å². The molecule has 1 fully saturated rings. The molecule has 1 aromatic rings. The Morgan fingerprint density at radius 2 is 2.05 bits per heavy atom. The largest absolute Gasteiger partial charge is 0.310 e. The maximum atomic E-state index is 14.1. The molecule has 0 amide bonds. The fraction of sp³-hybridized carbons (Fsp3) is 0.667. The summed E-state index contributed by atoms with van der Waals surface area (Å²) in [6, 6.07) is 7.27. The molecule has 0 bridgehead atoms. The van der Waals surface area contributed by atoms with Crippen LogP contribution < -0.4 is 5.32 Å². The Kier molecular flexibility index (Phi) is 6.19. The predicted molar refractivity (Wildman–Crippen MR) is 86.8 cm³/mol. The molecule has 0 aliphatic heterocycles. The average molecular weight is 292 g/mol. The van der Waals surface area contributed by atoms with E-state index in [4.69, 9.17) is 0 Å². The summed E-state index contributed by atoms with van der Waals surface area (Å²) in [7, 11) is 2.19. The SMILES string of the molecule is CCCNC(c1ccccc1F)C(C)CN(C)CC1CC1. The predicted octanol–water partition coefficient (Wildman–Crippen LogP) is 3.84. The zero-order valence-electron chi connectivity index (χ0n) is 13.6. The lowest BCUT2D eigenvalue weighted by molar-refractivity contribution is 0.237. The van der Waals surface area contributed by atoms with E-state index in [-0.39, 0.29) is 11.9 Å². The molecule has 0 heterocycles. The van der Waals surface area contributed by atoms with Crippen molar-refractivity contribution in [2.75, 3.05) is 26.7 Å². The van der Waals surface area contributed by atoms with Crippen LogP contribution in [0, 0.1) is 17.7 Å². The van der Waals surface area contributed by atoms with E-state index in [1.165, 1.54) is 19.4 Å². The van der Waals surface area contributed by atoms with Gasteiger partial charge in [-0.05, 0) is 50.8 Å². The summed E-state index contributed by atoms with van der Waals surface area (Å²) in [4.78, 5) is 2.41. The maximum Gasteiger partial charge on any atom is 0.127 e. The summed E-state index contributed by atoms with van der Waals surface area (Å²) in [6.45, 7) is 7.49. The van der Waals surface area contributed by atoms with Gasteiger partial charge < -0.3 is 10.2 Å². The van der Waals surface area contributed by atoms with Gasteiger partial charge in [-0.2, -0.15) is 0 Å². The van der Waals surface area contributed by atoms with Gasteiger partial charge in [-0.15, -0.1) is 0 Å². The Bertz CT molecular complexity index is 431. The van der Waals surface area contributed by atoms with Crippen LogP contribution >= 0.6 is 0 Å². The van der Waals surface area contributed by atoms with Gasteiger partial charge in [0.25, 0.3) is 0 Å². The second kappa shape index (κ2) is 7.90. The van der Waals surface area contributed by atoms with E-state index >= 15 is 0 Å². The summed E-state index contributed by atoms with van der Waals surface area (Å²) in [6.07, 6.45) is 3.82. The molecule has 2 unspecified atom stereocenters. The van der Waals surface area contributed by atoms with Crippen LogP contribution in [-0.2, 0) is 0 Å². The van der Waals surface area contributed by atoms with Crippen molar-refractivity contribution in [1.29, 1.82) is 0 Å². The molecule has 1 aliphatic rings. The molecule has 1 saturated carbocycles. The zero-order chi connectivity index (χ0) is 15.2. The van der Waals surface area contributed by atoms with Crippen molar-refractivity contribution < 1.29 is 4.39 Å². The first-order chi connectivity index (χ1) is 10.1. The van der Waals surface area contributed by atoms with E-state index in [0.29, 0.717) is 5.92 Å². The molecule has 0 saturated heterocycles. The van der Waals surface area contributed by atoms with Gasteiger partial charge in [-0.25, -0.2) is 4.39 Å². The second-order valence-electron chi connectivity index (χ2n) is 6.60. The Labute approximate surface area is 128 Å². The smallest absolute Gasteiger partial charge is 0.127 e. The Morgan fingerprint density at radius 1 is 1.33 bits per heavy atom. The molecule has 1 aliphatic carbocycles. The summed E-state index contributed by atoms with van der Waals surface area (Å²) in [5.41, 5.74) is 0.804. The Morgan fingerprint density at radius 3 is 2.67 bits per heavy atom. The monoisotopic (exact) mass is 292 g/mol. The van der Waals surface area contributed by atoms with E-state index in [9.17, 15) is 4.39 Å². The van der Waals surface area contributed by atoms with Gasteiger partial charge in [-0.1, -0.05) is 32.0 Å². The molecule has 2 nitrogen and oxygen atoms in total. The lowest BCUT2D eigenvalue weighted by atomic mass is 9.93. The summed E-state index contributed by atoms with van der Waals surface area (Å²) in [5, 5.41) is 3.53. The zero-order valence-corrected chi connectivity index (χ0v) is 13.6. The van der Waals surface area contributed by atoms with Crippen LogP contribution in [0.3, 0.4) is 0 Å². The van der Waals surface area contributed by atoms with Crippen LogP contribution in [0.4, 0.5) is 4.39 Å². The van der Waals surface area contributed by atoms with Crippen LogP contribution in [0.25, 0.3) is 0 Å². The lowest BCUT2D eigenvalue weighted by Gasteiger charge is -2.29. The number of nitrogens with zero attached hydrogens (tertiary/aromatic N) is 1. The summed E-state index contributed by atoms with van der Waals surface area (Å²) >= 11 is 0. The van der Waals surface area contributed by atoms with E-state index in [1.54, 1.807) is 12.1 Å². The van der Waals surface area contributed by atoms with Gasteiger partial charge in [0.05, 0.1) is 0 Å². The first-order valence-electron chi connectivity index (χ1n) is 8.28. The quantitative estimate of drug-likeness (QED) is 0.744. The molecule has 2 rings (SSSR count). The number of hydrogen-bond donors (Lipinski definition) is 1. The molecule has 118 valence electrons. The normalized spacial score (nSPS) is 18.0. The van der Waals surface area contributed by atoms with Crippen molar-refractivity contribution in [3.05, 3.63) is 35.6 Å². The van der Waals surface area contributed by atoms with Gasteiger partial charge >= 0.3 is 0 Å². The van der Waals surface area contributed by atoms with Crippen LogP contribution in [-0.4, -0.2) is 31.6 Å². The molecule has 1 N–H and O–H groups in total. The van der Waals surface area contributed by atoms with E-state index in [0.717, 1.165) is 31.0 Å². The van der Waals surface area contributed by atoms with Crippen LogP contribution in [0.2, 0.25) is 0 Å². The van der Waals surface area contributed by atoms with Crippen molar-refractivity contribution in [3.8, 4) is 0 Å². The van der Waals surface area contributed by atoms with Crippen molar-refractivity contribution in [2.24, 2.45) is 11.8 Å². The fourth-order valence-corrected chi connectivity index (χ4v) is 3.06.